The van der Waals surface area contributed by atoms with Gasteiger partial charge in [0.05, 0.1) is 0 Å². The van der Waals surface area contributed by atoms with Crippen molar-refractivity contribution < 1.29 is 9.90 Å². The molecule has 1 unspecified atom stereocenters. The molecule has 0 aliphatic carbocycles. The smallest absolute Gasteiger partial charge is 0.270 e. The minimum atomic E-state index is -0.179. The molecule has 0 spiro atoms. The van der Waals surface area contributed by atoms with Gasteiger partial charge in [-0.2, -0.15) is 11.8 Å². The third-order valence-electron chi connectivity index (χ3n) is 2.30. The van der Waals surface area contributed by atoms with E-state index < -0.39 is 0 Å². The molecule has 0 saturated carbocycles. The Morgan fingerprint density at radius 2 is 2.35 bits per heavy atom. The van der Waals surface area contributed by atoms with Crippen LogP contribution < -0.4 is 5.32 Å². The van der Waals surface area contributed by atoms with Gasteiger partial charge in [0.2, 0.25) is 0 Å². The molecular weight excluding hydrogens is 236 g/mol. The van der Waals surface area contributed by atoms with Crippen molar-refractivity contribution in [2.24, 2.45) is 0 Å². The third-order valence-corrected chi connectivity index (χ3v) is 3.04. The highest BCUT2D eigenvalue weighted by atomic mass is 32.2. The average Bonchev–Trinajstić information content (AvgIpc) is 2.29. The second kappa shape index (κ2) is 7.29. The van der Waals surface area contributed by atoms with Gasteiger partial charge >= 0.3 is 0 Å². The van der Waals surface area contributed by atoms with Crippen LogP contribution in [0.25, 0.3) is 0 Å². The molecule has 0 bridgehead atoms. The molecule has 1 rings (SSSR count). The lowest BCUT2D eigenvalue weighted by Crippen LogP contribution is -2.37. The number of aromatic nitrogens is 1. The quantitative estimate of drug-likeness (QED) is 0.801. The maximum atomic E-state index is 11.9. The molecule has 0 aromatic carbocycles. The second-order valence-corrected chi connectivity index (χ2v) is 4.71. The van der Waals surface area contributed by atoms with Crippen LogP contribution in [0.3, 0.4) is 0 Å². The lowest BCUT2D eigenvalue weighted by atomic mass is 10.2. The molecule has 1 aromatic heterocycles. The van der Waals surface area contributed by atoms with Crippen LogP contribution in [0.5, 0.6) is 0 Å². The summed E-state index contributed by atoms with van der Waals surface area (Å²) in [5.74, 6) is 0.610. The molecule has 1 aromatic rings. The third kappa shape index (κ3) is 4.75. The lowest BCUT2D eigenvalue weighted by Gasteiger charge is -2.16. The largest absolute Gasteiger partial charge is 0.396 e. The summed E-state index contributed by atoms with van der Waals surface area (Å²) in [6, 6.07) is 5.35. The Morgan fingerprint density at radius 3 is 2.94 bits per heavy atom. The fourth-order valence-corrected chi connectivity index (χ4v) is 2.14. The standard InChI is InChI=1S/C12H18N2O2S/c1-9-4-3-5-11(13-9)12(16)14-10(6-7-15)8-17-2/h3-5,10,15H,6-8H2,1-2H3,(H,14,16). The van der Waals surface area contributed by atoms with Gasteiger partial charge < -0.3 is 10.4 Å². The summed E-state index contributed by atoms with van der Waals surface area (Å²) >= 11 is 1.64. The fourth-order valence-electron chi connectivity index (χ4n) is 1.48. The topological polar surface area (TPSA) is 62.2 Å². The molecule has 5 heteroatoms. The van der Waals surface area contributed by atoms with Gasteiger partial charge in [-0.1, -0.05) is 6.07 Å². The van der Waals surface area contributed by atoms with Crippen LogP contribution in [-0.4, -0.2) is 40.7 Å². The van der Waals surface area contributed by atoms with Crippen LogP contribution in [-0.2, 0) is 0 Å². The number of hydrogen-bond acceptors (Lipinski definition) is 4. The molecule has 0 fully saturated rings. The van der Waals surface area contributed by atoms with Crippen LogP contribution >= 0.6 is 11.8 Å². The Bertz CT molecular complexity index is 365. The number of hydrogen-bond donors (Lipinski definition) is 2. The minimum absolute atomic E-state index is 0.00943. The molecule has 17 heavy (non-hydrogen) atoms. The van der Waals surface area contributed by atoms with Crippen LogP contribution in [0.2, 0.25) is 0 Å². The summed E-state index contributed by atoms with van der Waals surface area (Å²) in [6.45, 7) is 1.93. The molecule has 4 nitrogen and oxygen atoms in total. The predicted octanol–water partition coefficient (Wildman–Crippen LogP) is 1.23. The first kappa shape index (κ1) is 14.0. The number of aliphatic hydroxyl groups is 1. The van der Waals surface area contributed by atoms with Crippen LogP contribution in [0, 0.1) is 6.92 Å². The molecule has 1 heterocycles. The molecule has 0 aliphatic heterocycles. The van der Waals surface area contributed by atoms with Crippen molar-refractivity contribution in [3.05, 3.63) is 29.6 Å². The van der Waals surface area contributed by atoms with Gasteiger partial charge in [-0.25, -0.2) is 4.98 Å². The maximum Gasteiger partial charge on any atom is 0.270 e. The number of thioether (sulfide) groups is 1. The van der Waals surface area contributed by atoms with E-state index in [-0.39, 0.29) is 18.6 Å². The van der Waals surface area contributed by atoms with E-state index in [1.807, 2.05) is 25.3 Å². The van der Waals surface area contributed by atoms with E-state index in [1.165, 1.54) is 0 Å². The number of rotatable bonds is 6. The number of amides is 1. The number of pyridine rings is 1. The van der Waals surface area contributed by atoms with E-state index in [4.69, 9.17) is 5.11 Å². The van der Waals surface area contributed by atoms with Crippen LogP contribution in [0.1, 0.15) is 22.6 Å². The molecule has 1 amide bonds. The minimum Gasteiger partial charge on any atom is -0.396 e. The van der Waals surface area contributed by atoms with E-state index in [9.17, 15) is 4.79 Å². The first-order chi connectivity index (χ1) is 8.17. The van der Waals surface area contributed by atoms with Gasteiger partial charge in [-0.05, 0) is 31.7 Å². The molecular formula is C12H18N2O2S. The molecule has 0 radical (unpaired) electrons. The molecule has 2 N–H and O–H groups in total. The molecule has 0 aliphatic rings. The Balaban J connectivity index is 2.63. The highest BCUT2D eigenvalue weighted by molar-refractivity contribution is 7.98. The van der Waals surface area contributed by atoms with Crippen molar-refractivity contribution in [3.63, 3.8) is 0 Å². The monoisotopic (exact) mass is 254 g/mol. The molecule has 94 valence electrons. The van der Waals surface area contributed by atoms with Gasteiger partial charge in [0.1, 0.15) is 5.69 Å². The number of aliphatic hydroxyl groups excluding tert-OH is 1. The van der Waals surface area contributed by atoms with Gasteiger partial charge in [0, 0.05) is 24.1 Å². The number of nitrogens with zero attached hydrogens (tertiary/aromatic N) is 1. The lowest BCUT2D eigenvalue weighted by molar-refractivity contribution is 0.0930. The van der Waals surface area contributed by atoms with Crippen molar-refractivity contribution in [1.29, 1.82) is 0 Å². The number of carbonyl (C=O) groups is 1. The zero-order chi connectivity index (χ0) is 12.7. The summed E-state index contributed by atoms with van der Waals surface area (Å²) in [4.78, 5) is 16.1. The van der Waals surface area contributed by atoms with E-state index in [0.717, 1.165) is 11.4 Å². The highest BCUT2D eigenvalue weighted by Gasteiger charge is 2.13. The van der Waals surface area contributed by atoms with Crippen molar-refractivity contribution in [2.45, 2.75) is 19.4 Å². The van der Waals surface area contributed by atoms with Crippen LogP contribution in [0.15, 0.2) is 18.2 Å². The molecule has 1 atom stereocenters. The van der Waals surface area contributed by atoms with E-state index in [2.05, 4.69) is 10.3 Å². The van der Waals surface area contributed by atoms with E-state index in [0.29, 0.717) is 12.1 Å². The first-order valence-electron chi connectivity index (χ1n) is 5.51. The van der Waals surface area contributed by atoms with Crippen molar-refractivity contribution in [1.82, 2.24) is 10.3 Å². The average molecular weight is 254 g/mol. The van der Waals surface area contributed by atoms with Crippen molar-refractivity contribution >= 4 is 17.7 Å². The number of nitrogens with one attached hydrogen (secondary N) is 1. The number of carbonyl (C=O) groups excluding carboxylic acids is 1. The molecule has 0 saturated heterocycles. The highest BCUT2D eigenvalue weighted by Crippen LogP contribution is 2.04. The first-order valence-corrected chi connectivity index (χ1v) is 6.91. The number of aryl methyl sites for hydroxylation is 1. The summed E-state index contributed by atoms with van der Waals surface area (Å²) < 4.78 is 0. The zero-order valence-corrected chi connectivity index (χ0v) is 11.0. The van der Waals surface area contributed by atoms with Gasteiger partial charge in [0.25, 0.3) is 5.91 Å². The van der Waals surface area contributed by atoms with Gasteiger partial charge in [0.15, 0.2) is 0 Å². The second-order valence-electron chi connectivity index (χ2n) is 3.80. The zero-order valence-electron chi connectivity index (χ0n) is 10.1. The SMILES string of the molecule is CSCC(CCO)NC(=O)c1cccc(C)n1. The van der Waals surface area contributed by atoms with Gasteiger partial charge in [-0.3, -0.25) is 4.79 Å². The van der Waals surface area contributed by atoms with Crippen molar-refractivity contribution in [3.8, 4) is 0 Å². The summed E-state index contributed by atoms with van der Waals surface area (Å²) in [6.07, 6.45) is 2.54. The Labute approximate surface area is 106 Å². The van der Waals surface area contributed by atoms with E-state index in [1.54, 1.807) is 17.8 Å². The van der Waals surface area contributed by atoms with Gasteiger partial charge in [-0.15, -0.1) is 0 Å². The fraction of sp³-hybridized carbons (Fsp3) is 0.500. The Morgan fingerprint density at radius 1 is 1.59 bits per heavy atom. The maximum absolute atomic E-state index is 11.9. The summed E-state index contributed by atoms with van der Waals surface area (Å²) in [5.41, 5.74) is 1.25. The van der Waals surface area contributed by atoms with Crippen molar-refractivity contribution in [2.75, 3.05) is 18.6 Å². The normalized spacial score (nSPS) is 12.2. The Kier molecular flexibility index (Phi) is 6.00. The Hall–Kier alpha value is -1.07. The van der Waals surface area contributed by atoms with E-state index >= 15 is 0 Å². The summed E-state index contributed by atoms with van der Waals surface area (Å²) in [7, 11) is 0. The summed E-state index contributed by atoms with van der Waals surface area (Å²) in [5, 5.41) is 11.8. The predicted molar refractivity (Wildman–Crippen MR) is 70.3 cm³/mol. The van der Waals surface area contributed by atoms with Crippen LogP contribution in [0.4, 0.5) is 0 Å².